The van der Waals surface area contributed by atoms with E-state index in [4.69, 9.17) is 4.74 Å². The maximum Gasteiger partial charge on any atom is 0.341 e. The zero-order valence-corrected chi connectivity index (χ0v) is 14.1. The van der Waals surface area contributed by atoms with Gasteiger partial charge in [0.05, 0.1) is 18.0 Å². The van der Waals surface area contributed by atoms with Crippen molar-refractivity contribution in [3.63, 3.8) is 0 Å². The van der Waals surface area contributed by atoms with Crippen molar-refractivity contribution in [1.29, 1.82) is 0 Å². The molecule has 0 amide bonds. The molecule has 2 N–H and O–H groups in total. The van der Waals surface area contributed by atoms with Crippen LogP contribution >= 0.6 is 0 Å². The van der Waals surface area contributed by atoms with Gasteiger partial charge < -0.3 is 24.6 Å². The highest BCUT2D eigenvalue weighted by Gasteiger charge is 2.25. The lowest BCUT2D eigenvalue weighted by Gasteiger charge is -2.31. The maximum absolute atomic E-state index is 14.9. The van der Waals surface area contributed by atoms with Crippen molar-refractivity contribution in [2.75, 3.05) is 38.2 Å². The Hall–Kier alpha value is -2.61. The number of carbonyl (C=O) groups is 1. The van der Waals surface area contributed by atoms with Gasteiger partial charge >= 0.3 is 5.97 Å². The Labute approximate surface area is 143 Å². The van der Waals surface area contributed by atoms with Gasteiger partial charge in [-0.2, -0.15) is 0 Å². The number of aryl methyl sites for hydroxylation is 1. The molecule has 0 bridgehead atoms. The van der Waals surface area contributed by atoms with E-state index < -0.39 is 17.2 Å². The first-order valence-electron chi connectivity index (χ1n) is 8.12. The van der Waals surface area contributed by atoms with E-state index in [2.05, 4.69) is 5.32 Å². The smallest absolute Gasteiger partial charge is 0.341 e. The van der Waals surface area contributed by atoms with E-state index in [-0.39, 0.29) is 16.7 Å². The fraction of sp³-hybridized carbons (Fsp3) is 0.412. The fourth-order valence-electron chi connectivity index (χ4n) is 3.27. The number of nitrogens with zero attached hydrogens (tertiary/aromatic N) is 2. The first-order valence-corrected chi connectivity index (χ1v) is 8.12. The van der Waals surface area contributed by atoms with Crippen molar-refractivity contribution in [2.24, 2.45) is 0 Å². The van der Waals surface area contributed by atoms with Gasteiger partial charge in [-0.05, 0) is 13.0 Å². The molecule has 2 aromatic rings. The van der Waals surface area contributed by atoms with Gasteiger partial charge in [-0.25, -0.2) is 9.18 Å². The molecule has 0 aliphatic carbocycles. The third-order valence-electron chi connectivity index (χ3n) is 4.45. The molecule has 1 aliphatic heterocycles. The highest BCUT2D eigenvalue weighted by Crippen LogP contribution is 2.38. The number of nitrogens with one attached hydrogen (secondary N) is 1. The molecule has 25 heavy (non-hydrogen) atoms. The van der Waals surface area contributed by atoms with E-state index in [1.54, 1.807) is 4.57 Å². The predicted octanol–water partition coefficient (Wildman–Crippen LogP) is 1.28. The third kappa shape index (κ3) is 2.82. The number of hydrogen-bond acceptors (Lipinski definition) is 5. The van der Waals surface area contributed by atoms with Crippen molar-refractivity contribution in [1.82, 2.24) is 9.88 Å². The topological polar surface area (TPSA) is 83.8 Å². The van der Waals surface area contributed by atoms with Crippen LogP contribution < -0.4 is 20.4 Å². The summed E-state index contributed by atoms with van der Waals surface area (Å²) < 4.78 is 22.0. The van der Waals surface area contributed by atoms with Crippen LogP contribution in [-0.2, 0) is 6.54 Å². The van der Waals surface area contributed by atoms with Crippen molar-refractivity contribution < 1.29 is 19.0 Å². The Morgan fingerprint density at radius 3 is 2.64 bits per heavy atom. The van der Waals surface area contributed by atoms with Gasteiger partial charge in [-0.1, -0.05) is 0 Å². The van der Waals surface area contributed by atoms with Crippen LogP contribution in [0.2, 0.25) is 0 Å². The Bertz CT molecular complexity index is 888. The Kier molecular flexibility index (Phi) is 4.63. The number of pyridine rings is 1. The van der Waals surface area contributed by atoms with Crippen molar-refractivity contribution in [3.8, 4) is 5.75 Å². The molecule has 1 saturated heterocycles. The summed E-state index contributed by atoms with van der Waals surface area (Å²) in [5.41, 5.74) is -0.377. The zero-order valence-electron chi connectivity index (χ0n) is 14.1. The number of ether oxygens (including phenoxy) is 1. The average molecular weight is 349 g/mol. The summed E-state index contributed by atoms with van der Waals surface area (Å²) >= 11 is 0. The van der Waals surface area contributed by atoms with E-state index in [9.17, 15) is 19.1 Å². The maximum atomic E-state index is 14.9. The lowest BCUT2D eigenvalue weighted by molar-refractivity contribution is 0.0695. The van der Waals surface area contributed by atoms with E-state index in [1.807, 2.05) is 11.8 Å². The first kappa shape index (κ1) is 17.2. The van der Waals surface area contributed by atoms with E-state index in [0.29, 0.717) is 30.8 Å². The molecule has 134 valence electrons. The molecule has 0 atom stereocenters. The van der Waals surface area contributed by atoms with Gasteiger partial charge in [-0.3, -0.25) is 4.79 Å². The average Bonchev–Trinajstić information content (AvgIpc) is 2.61. The minimum absolute atomic E-state index is 0.00924. The van der Waals surface area contributed by atoms with Crippen molar-refractivity contribution in [3.05, 3.63) is 33.9 Å². The molecular formula is C17H20FN3O4. The number of halogens is 1. The van der Waals surface area contributed by atoms with Crippen LogP contribution in [-0.4, -0.2) is 48.9 Å². The summed E-state index contributed by atoms with van der Waals surface area (Å²) in [6.07, 6.45) is 1.29. The number of benzene rings is 1. The second kappa shape index (κ2) is 6.72. The standard InChI is InChI=1S/C17H20FN3O4/c1-3-20-9-11(17(23)24)15(22)10-8-12(18)14(16(25-2)13(10)20)21-6-4-19-5-7-21/h8-9,19H,3-7H2,1-2H3,(H,23,24). The second-order valence-corrected chi connectivity index (χ2v) is 5.84. The van der Waals surface area contributed by atoms with E-state index in [0.717, 1.165) is 19.2 Å². The Balaban J connectivity index is 2.38. The second-order valence-electron chi connectivity index (χ2n) is 5.84. The van der Waals surface area contributed by atoms with Crippen LogP contribution in [0.15, 0.2) is 17.1 Å². The zero-order chi connectivity index (χ0) is 18.1. The minimum Gasteiger partial charge on any atom is -0.492 e. The molecule has 0 radical (unpaired) electrons. The van der Waals surface area contributed by atoms with Gasteiger partial charge in [0, 0.05) is 38.9 Å². The number of aromatic carboxylic acids is 1. The number of methoxy groups -OCH3 is 1. The van der Waals surface area contributed by atoms with Gasteiger partial charge in [0.25, 0.3) is 0 Å². The van der Waals surface area contributed by atoms with E-state index in [1.165, 1.54) is 13.3 Å². The molecule has 1 aliphatic rings. The summed E-state index contributed by atoms with van der Waals surface area (Å²) in [6, 6.07) is 1.12. The highest BCUT2D eigenvalue weighted by atomic mass is 19.1. The molecule has 3 rings (SSSR count). The number of rotatable bonds is 4. The molecule has 0 saturated carbocycles. The lowest BCUT2D eigenvalue weighted by Crippen LogP contribution is -2.44. The SMILES string of the molecule is CCn1cc(C(=O)O)c(=O)c2cc(F)c(N3CCNCC3)c(OC)c21. The molecule has 0 spiro atoms. The van der Waals surface area contributed by atoms with Gasteiger partial charge in [-0.15, -0.1) is 0 Å². The van der Waals surface area contributed by atoms with E-state index >= 15 is 0 Å². The molecule has 1 aromatic heterocycles. The number of hydrogen-bond donors (Lipinski definition) is 2. The van der Waals surface area contributed by atoms with Gasteiger partial charge in [0.15, 0.2) is 11.6 Å². The highest BCUT2D eigenvalue weighted by molar-refractivity contribution is 5.97. The van der Waals surface area contributed by atoms with Crippen molar-refractivity contribution >= 4 is 22.6 Å². The summed E-state index contributed by atoms with van der Waals surface area (Å²) in [4.78, 5) is 25.7. The molecule has 1 fully saturated rings. The molecule has 0 unspecified atom stereocenters. The fourth-order valence-corrected chi connectivity index (χ4v) is 3.27. The largest absolute Gasteiger partial charge is 0.492 e. The summed E-state index contributed by atoms with van der Waals surface area (Å²) in [5.74, 6) is -1.67. The number of carboxylic acid groups (broad SMARTS) is 1. The molecule has 1 aromatic carbocycles. The summed E-state index contributed by atoms with van der Waals surface area (Å²) in [5, 5.41) is 12.5. The van der Waals surface area contributed by atoms with Gasteiger partial charge in [0.2, 0.25) is 5.43 Å². The number of anilines is 1. The van der Waals surface area contributed by atoms with Crippen LogP contribution in [0.25, 0.3) is 10.9 Å². The van der Waals surface area contributed by atoms with Crippen molar-refractivity contribution in [2.45, 2.75) is 13.5 Å². The number of aromatic nitrogens is 1. The molecule has 7 nitrogen and oxygen atoms in total. The Morgan fingerprint density at radius 2 is 2.08 bits per heavy atom. The molecule has 8 heteroatoms. The van der Waals surface area contributed by atoms with Crippen LogP contribution in [0.3, 0.4) is 0 Å². The number of fused-ring (bicyclic) bond motifs is 1. The number of carboxylic acids is 1. The van der Waals surface area contributed by atoms with Crippen LogP contribution in [0.1, 0.15) is 17.3 Å². The predicted molar refractivity (Wildman–Crippen MR) is 92.4 cm³/mol. The summed E-state index contributed by atoms with van der Waals surface area (Å²) in [7, 11) is 1.43. The number of piperazine rings is 1. The van der Waals surface area contributed by atoms with Gasteiger partial charge in [0.1, 0.15) is 11.3 Å². The Morgan fingerprint density at radius 1 is 1.40 bits per heavy atom. The molecular weight excluding hydrogens is 329 g/mol. The van der Waals surface area contributed by atoms with Crippen LogP contribution in [0, 0.1) is 5.82 Å². The third-order valence-corrected chi connectivity index (χ3v) is 4.45. The molecule has 2 heterocycles. The normalized spacial score (nSPS) is 14.8. The lowest BCUT2D eigenvalue weighted by atomic mass is 10.1. The van der Waals surface area contributed by atoms with Crippen LogP contribution in [0.4, 0.5) is 10.1 Å². The van der Waals surface area contributed by atoms with Crippen LogP contribution in [0.5, 0.6) is 5.75 Å². The monoisotopic (exact) mass is 349 g/mol. The quantitative estimate of drug-likeness (QED) is 0.865. The first-order chi connectivity index (χ1) is 12.0. The minimum atomic E-state index is -1.33. The summed E-state index contributed by atoms with van der Waals surface area (Å²) in [6.45, 7) is 4.91.